The summed E-state index contributed by atoms with van der Waals surface area (Å²) in [5.74, 6) is 0.153. The van der Waals surface area contributed by atoms with Gasteiger partial charge in [0.25, 0.3) is 0 Å². The zero-order valence-electron chi connectivity index (χ0n) is 11.7. The summed E-state index contributed by atoms with van der Waals surface area (Å²) in [6.07, 6.45) is 0.498. The van der Waals surface area contributed by atoms with Gasteiger partial charge in [-0.2, -0.15) is 0 Å². The molecule has 1 aromatic rings. The predicted molar refractivity (Wildman–Crippen MR) is 75.5 cm³/mol. The molecule has 4 heteroatoms. The van der Waals surface area contributed by atoms with E-state index in [-0.39, 0.29) is 17.2 Å². The first-order chi connectivity index (χ1) is 8.92. The minimum Gasteiger partial charge on any atom is -0.314 e. The Labute approximate surface area is 113 Å². The van der Waals surface area contributed by atoms with Crippen LogP contribution < -0.4 is 10.2 Å². The highest BCUT2D eigenvalue weighted by Crippen LogP contribution is 2.26. The second-order valence-electron chi connectivity index (χ2n) is 5.57. The lowest BCUT2D eigenvalue weighted by atomic mass is 10.0. The summed E-state index contributed by atoms with van der Waals surface area (Å²) in [6, 6.07) is 7.25. The Morgan fingerprint density at radius 1 is 1.26 bits per heavy atom. The molecule has 0 unspecified atom stereocenters. The van der Waals surface area contributed by atoms with Crippen LogP contribution in [0.1, 0.15) is 37.6 Å². The SMILES string of the molecule is CC(=O)c1ccc(N2C(=O)CCNCC2(C)C)cc1. The van der Waals surface area contributed by atoms with Gasteiger partial charge in [0.05, 0.1) is 5.54 Å². The van der Waals surface area contributed by atoms with Gasteiger partial charge in [-0.15, -0.1) is 0 Å². The van der Waals surface area contributed by atoms with Crippen molar-refractivity contribution in [3.63, 3.8) is 0 Å². The maximum Gasteiger partial charge on any atom is 0.228 e. The summed E-state index contributed by atoms with van der Waals surface area (Å²) in [7, 11) is 0. The number of ketones is 1. The third-order valence-corrected chi connectivity index (χ3v) is 3.46. The van der Waals surface area contributed by atoms with Crippen molar-refractivity contribution in [2.45, 2.75) is 32.7 Å². The highest BCUT2D eigenvalue weighted by molar-refractivity contribution is 5.97. The normalized spacial score (nSPS) is 19.1. The number of amides is 1. The van der Waals surface area contributed by atoms with E-state index in [1.54, 1.807) is 19.1 Å². The van der Waals surface area contributed by atoms with Crippen LogP contribution in [-0.2, 0) is 4.79 Å². The van der Waals surface area contributed by atoms with Crippen LogP contribution >= 0.6 is 0 Å². The average Bonchev–Trinajstić information content (AvgIpc) is 2.47. The minimum absolute atomic E-state index is 0.0367. The van der Waals surface area contributed by atoms with Crippen molar-refractivity contribution in [1.29, 1.82) is 0 Å². The number of benzene rings is 1. The van der Waals surface area contributed by atoms with Gasteiger partial charge in [0.15, 0.2) is 5.78 Å². The van der Waals surface area contributed by atoms with Crippen LogP contribution in [0.15, 0.2) is 24.3 Å². The van der Waals surface area contributed by atoms with Gasteiger partial charge < -0.3 is 10.2 Å². The average molecular weight is 260 g/mol. The molecule has 2 rings (SSSR count). The fourth-order valence-electron chi connectivity index (χ4n) is 2.46. The molecule has 102 valence electrons. The lowest BCUT2D eigenvalue weighted by molar-refractivity contribution is -0.119. The fraction of sp³-hybridized carbons (Fsp3) is 0.467. The first-order valence-electron chi connectivity index (χ1n) is 6.56. The lowest BCUT2D eigenvalue weighted by Gasteiger charge is -2.37. The van der Waals surface area contributed by atoms with E-state index < -0.39 is 0 Å². The molecular weight excluding hydrogens is 240 g/mol. The number of rotatable bonds is 2. The Morgan fingerprint density at radius 2 is 1.89 bits per heavy atom. The molecule has 1 amide bonds. The summed E-state index contributed by atoms with van der Waals surface area (Å²) >= 11 is 0. The van der Waals surface area contributed by atoms with Crippen molar-refractivity contribution < 1.29 is 9.59 Å². The zero-order valence-corrected chi connectivity index (χ0v) is 11.7. The van der Waals surface area contributed by atoms with Crippen LogP contribution in [0.2, 0.25) is 0 Å². The molecule has 0 aromatic heterocycles. The van der Waals surface area contributed by atoms with Crippen LogP contribution in [0.25, 0.3) is 0 Å². The van der Waals surface area contributed by atoms with Gasteiger partial charge >= 0.3 is 0 Å². The van der Waals surface area contributed by atoms with Gasteiger partial charge in [-0.1, -0.05) is 0 Å². The van der Waals surface area contributed by atoms with Crippen molar-refractivity contribution in [3.05, 3.63) is 29.8 Å². The number of Topliss-reactive ketones (excluding diaryl/α,β-unsaturated/α-hetero) is 1. The first-order valence-corrected chi connectivity index (χ1v) is 6.56. The highest BCUT2D eigenvalue weighted by Gasteiger charge is 2.33. The maximum atomic E-state index is 12.3. The largest absolute Gasteiger partial charge is 0.314 e. The smallest absolute Gasteiger partial charge is 0.228 e. The number of nitrogens with zero attached hydrogens (tertiary/aromatic N) is 1. The Kier molecular flexibility index (Phi) is 3.71. The van der Waals surface area contributed by atoms with Crippen molar-refractivity contribution in [1.82, 2.24) is 5.32 Å². The van der Waals surface area contributed by atoms with Gasteiger partial charge in [0, 0.05) is 30.8 Å². The van der Waals surface area contributed by atoms with E-state index in [9.17, 15) is 9.59 Å². The molecule has 0 atom stereocenters. The number of carbonyl (C=O) groups is 2. The van der Waals surface area contributed by atoms with Gasteiger partial charge in [-0.05, 0) is 45.0 Å². The van der Waals surface area contributed by atoms with Gasteiger partial charge in [-0.25, -0.2) is 0 Å². The summed E-state index contributed by atoms with van der Waals surface area (Å²) in [5.41, 5.74) is 1.25. The Morgan fingerprint density at radius 3 is 2.47 bits per heavy atom. The quantitative estimate of drug-likeness (QED) is 0.827. The Balaban J connectivity index is 2.36. The van der Waals surface area contributed by atoms with E-state index in [0.29, 0.717) is 18.5 Å². The van der Waals surface area contributed by atoms with E-state index in [2.05, 4.69) is 5.32 Å². The van der Waals surface area contributed by atoms with E-state index >= 15 is 0 Å². The summed E-state index contributed by atoms with van der Waals surface area (Å²) in [6.45, 7) is 7.10. The molecule has 0 radical (unpaired) electrons. The molecule has 1 aliphatic rings. The number of carbonyl (C=O) groups excluding carboxylic acids is 2. The fourth-order valence-corrected chi connectivity index (χ4v) is 2.46. The molecule has 0 aliphatic carbocycles. The van der Waals surface area contributed by atoms with Crippen LogP contribution in [0.4, 0.5) is 5.69 Å². The molecular formula is C15H20N2O2. The molecule has 0 spiro atoms. The van der Waals surface area contributed by atoms with Crippen molar-refractivity contribution >= 4 is 17.4 Å². The molecule has 1 aliphatic heterocycles. The molecule has 1 fully saturated rings. The standard InChI is InChI=1S/C15H20N2O2/c1-11(18)12-4-6-13(7-5-12)17-14(19)8-9-16-10-15(17,2)3/h4-7,16H,8-10H2,1-3H3. The minimum atomic E-state index is -0.272. The molecule has 1 heterocycles. The van der Waals surface area contributed by atoms with Crippen LogP contribution in [0, 0.1) is 0 Å². The summed E-state index contributed by atoms with van der Waals surface area (Å²) in [4.78, 5) is 25.4. The van der Waals surface area contributed by atoms with Crippen molar-refractivity contribution in [2.75, 3.05) is 18.0 Å². The van der Waals surface area contributed by atoms with Crippen molar-refractivity contribution in [2.24, 2.45) is 0 Å². The van der Waals surface area contributed by atoms with E-state index in [4.69, 9.17) is 0 Å². The van der Waals surface area contributed by atoms with E-state index in [1.807, 2.05) is 30.9 Å². The van der Waals surface area contributed by atoms with Crippen LogP contribution in [0.5, 0.6) is 0 Å². The molecule has 1 aromatic carbocycles. The molecule has 19 heavy (non-hydrogen) atoms. The van der Waals surface area contributed by atoms with Gasteiger partial charge in [0.1, 0.15) is 0 Å². The third-order valence-electron chi connectivity index (χ3n) is 3.46. The third kappa shape index (κ3) is 2.84. The number of hydrogen-bond acceptors (Lipinski definition) is 3. The second-order valence-corrected chi connectivity index (χ2v) is 5.57. The lowest BCUT2D eigenvalue weighted by Crippen LogP contribution is -2.51. The zero-order chi connectivity index (χ0) is 14.0. The maximum absolute atomic E-state index is 12.3. The number of anilines is 1. The molecule has 4 nitrogen and oxygen atoms in total. The van der Waals surface area contributed by atoms with Crippen LogP contribution in [0.3, 0.4) is 0 Å². The molecule has 1 N–H and O–H groups in total. The summed E-state index contributed by atoms with van der Waals surface area (Å²) in [5, 5.41) is 3.28. The monoisotopic (exact) mass is 260 g/mol. The van der Waals surface area contributed by atoms with E-state index in [0.717, 1.165) is 12.2 Å². The highest BCUT2D eigenvalue weighted by atomic mass is 16.2. The van der Waals surface area contributed by atoms with Gasteiger partial charge in [-0.3, -0.25) is 9.59 Å². The molecule has 0 bridgehead atoms. The second kappa shape index (κ2) is 5.13. The predicted octanol–water partition coefficient (Wildman–Crippen LogP) is 1.99. The van der Waals surface area contributed by atoms with Gasteiger partial charge in [0.2, 0.25) is 5.91 Å². The van der Waals surface area contributed by atoms with E-state index in [1.165, 1.54) is 0 Å². The van der Waals surface area contributed by atoms with Crippen molar-refractivity contribution in [3.8, 4) is 0 Å². The molecule has 0 saturated carbocycles. The number of hydrogen-bond donors (Lipinski definition) is 1. The van der Waals surface area contributed by atoms with Crippen LogP contribution in [-0.4, -0.2) is 30.3 Å². The Bertz CT molecular complexity index is 491. The molecule has 1 saturated heterocycles. The topological polar surface area (TPSA) is 49.4 Å². The Hall–Kier alpha value is -1.68. The first kappa shape index (κ1) is 13.7. The number of nitrogens with one attached hydrogen (secondary N) is 1. The summed E-state index contributed by atoms with van der Waals surface area (Å²) < 4.78 is 0.